The molecule has 1 aromatic rings. The Morgan fingerprint density at radius 3 is 2.71 bits per heavy atom. The van der Waals surface area contributed by atoms with Gasteiger partial charge in [-0.05, 0) is 18.2 Å². The minimum atomic E-state index is -1.06. The van der Waals surface area contributed by atoms with E-state index in [2.05, 4.69) is 5.32 Å². The predicted molar refractivity (Wildman–Crippen MR) is 60.2 cm³/mol. The summed E-state index contributed by atoms with van der Waals surface area (Å²) in [5.41, 5.74) is 0.0371. The Balaban J connectivity index is 2.72. The molecule has 0 aliphatic heterocycles. The molecule has 0 aliphatic carbocycles. The Bertz CT molecular complexity index is 401. The first kappa shape index (κ1) is 13.9. The van der Waals surface area contributed by atoms with E-state index in [9.17, 15) is 13.6 Å². The standard InChI is InChI=1S/C11H12ClF2NO2/c1-17-6-8(5-12)15-11(16)7-2-3-9(13)10(14)4-7/h2-4,8H,5-6H2,1H3,(H,15,16). The van der Waals surface area contributed by atoms with Crippen molar-refractivity contribution in [3.8, 4) is 0 Å². The molecule has 17 heavy (non-hydrogen) atoms. The van der Waals surface area contributed by atoms with Crippen LogP contribution in [0.5, 0.6) is 0 Å². The van der Waals surface area contributed by atoms with Gasteiger partial charge in [-0.2, -0.15) is 0 Å². The van der Waals surface area contributed by atoms with Crippen LogP contribution < -0.4 is 5.32 Å². The van der Waals surface area contributed by atoms with Gasteiger partial charge in [0.25, 0.3) is 5.91 Å². The minimum Gasteiger partial charge on any atom is -0.383 e. The van der Waals surface area contributed by atoms with Gasteiger partial charge in [0.05, 0.1) is 12.6 Å². The quantitative estimate of drug-likeness (QED) is 0.825. The molecule has 0 aliphatic rings. The zero-order valence-electron chi connectivity index (χ0n) is 9.17. The Kier molecular flexibility index (Phi) is 5.31. The van der Waals surface area contributed by atoms with Gasteiger partial charge in [0.1, 0.15) is 0 Å². The number of benzene rings is 1. The number of hydrogen-bond acceptors (Lipinski definition) is 2. The third-order valence-corrected chi connectivity index (χ3v) is 2.44. The second-order valence-corrected chi connectivity index (χ2v) is 3.72. The molecule has 0 bridgehead atoms. The minimum absolute atomic E-state index is 0.0371. The fraction of sp³-hybridized carbons (Fsp3) is 0.364. The molecule has 1 N–H and O–H groups in total. The molecule has 0 radical (unpaired) electrons. The van der Waals surface area contributed by atoms with Crippen LogP contribution in [0.3, 0.4) is 0 Å². The van der Waals surface area contributed by atoms with Crippen LogP contribution in [0.1, 0.15) is 10.4 Å². The molecular weight excluding hydrogens is 252 g/mol. The first-order chi connectivity index (χ1) is 8.08. The van der Waals surface area contributed by atoms with Crippen molar-refractivity contribution in [2.45, 2.75) is 6.04 Å². The van der Waals surface area contributed by atoms with E-state index in [1.54, 1.807) is 0 Å². The summed E-state index contributed by atoms with van der Waals surface area (Å²) in [6.45, 7) is 0.249. The molecule has 1 rings (SSSR count). The third-order valence-electron chi connectivity index (χ3n) is 2.07. The normalized spacial score (nSPS) is 12.2. The lowest BCUT2D eigenvalue weighted by molar-refractivity contribution is 0.0906. The van der Waals surface area contributed by atoms with E-state index in [0.29, 0.717) is 0 Å². The van der Waals surface area contributed by atoms with Crippen molar-refractivity contribution in [2.75, 3.05) is 19.6 Å². The van der Waals surface area contributed by atoms with Gasteiger partial charge in [0.2, 0.25) is 0 Å². The van der Waals surface area contributed by atoms with E-state index in [4.69, 9.17) is 16.3 Å². The molecule has 1 aromatic carbocycles. The van der Waals surface area contributed by atoms with Gasteiger partial charge in [-0.1, -0.05) is 0 Å². The van der Waals surface area contributed by atoms with Crippen LogP contribution in [-0.2, 0) is 4.74 Å². The maximum Gasteiger partial charge on any atom is 0.251 e. The van der Waals surface area contributed by atoms with Crippen molar-refractivity contribution >= 4 is 17.5 Å². The first-order valence-electron chi connectivity index (χ1n) is 4.89. The summed E-state index contributed by atoms with van der Waals surface area (Å²) < 4.78 is 30.4. The summed E-state index contributed by atoms with van der Waals surface area (Å²) in [5.74, 6) is -2.41. The van der Waals surface area contributed by atoms with E-state index in [1.165, 1.54) is 13.2 Å². The van der Waals surface area contributed by atoms with Gasteiger partial charge in [0.15, 0.2) is 11.6 Å². The summed E-state index contributed by atoms with van der Waals surface area (Å²) in [6, 6.07) is 2.56. The van der Waals surface area contributed by atoms with Gasteiger partial charge in [-0.15, -0.1) is 11.6 Å². The largest absolute Gasteiger partial charge is 0.383 e. The van der Waals surface area contributed by atoms with Crippen molar-refractivity contribution in [3.05, 3.63) is 35.4 Å². The second-order valence-electron chi connectivity index (χ2n) is 3.41. The first-order valence-corrected chi connectivity index (χ1v) is 5.42. The Morgan fingerprint density at radius 1 is 1.47 bits per heavy atom. The average Bonchev–Trinajstić information content (AvgIpc) is 2.31. The van der Waals surface area contributed by atoms with Crippen molar-refractivity contribution in [1.29, 1.82) is 0 Å². The number of rotatable bonds is 5. The number of carbonyl (C=O) groups is 1. The summed E-state index contributed by atoms with van der Waals surface area (Å²) in [6.07, 6.45) is 0. The van der Waals surface area contributed by atoms with Gasteiger partial charge in [-0.3, -0.25) is 4.79 Å². The molecule has 1 unspecified atom stereocenters. The van der Waals surface area contributed by atoms with Crippen LogP contribution in [0.4, 0.5) is 8.78 Å². The van der Waals surface area contributed by atoms with Crippen molar-refractivity contribution in [3.63, 3.8) is 0 Å². The zero-order valence-corrected chi connectivity index (χ0v) is 9.93. The lowest BCUT2D eigenvalue weighted by Gasteiger charge is -2.14. The highest BCUT2D eigenvalue weighted by Crippen LogP contribution is 2.08. The van der Waals surface area contributed by atoms with Crippen LogP contribution in [0, 0.1) is 11.6 Å². The monoisotopic (exact) mass is 263 g/mol. The number of methoxy groups -OCH3 is 1. The molecule has 0 saturated carbocycles. The van der Waals surface area contributed by atoms with Gasteiger partial charge in [0, 0.05) is 18.6 Å². The number of nitrogens with one attached hydrogen (secondary N) is 1. The summed E-state index contributed by atoms with van der Waals surface area (Å²) in [7, 11) is 1.48. The van der Waals surface area contributed by atoms with Crippen LogP contribution in [0.2, 0.25) is 0 Å². The number of ether oxygens (including phenoxy) is 1. The lowest BCUT2D eigenvalue weighted by atomic mass is 10.2. The molecule has 0 heterocycles. The lowest BCUT2D eigenvalue weighted by Crippen LogP contribution is -2.39. The molecule has 1 atom stereocenters. The van der Waals surface area contributed by atoms with Crippen molar-refractivity contribution in [1.82, 2.24) is 5.32 Å². The van der Waals surface area contributed by atoms with Crippen LogP contribution in [-0.4, -0.2) is 31.5 Å². The van der Waals surface area contributed by atoms with E-state index in [1.807, 2.05) is 0 Å². The van der Waals surface area contributed by atoms with Gasteiger partial charge < -0.3 is 10.1 Å². The molecule has 1 amide bonds. The van der Waals surface area contributed by atoms with Crippen molar-refractivity contribution < 1.29 is 18.3 Å². The second kappa shape index (κ2) is 6.51. The molecule has 6 heteroatoms. The highest BCUT2D eigenvalue weighted by Gasteiger charge is 2.14. The highest BCUT2D eigenvalue weighted by atomic mass is 35.5. The van der Waals surface area contributed by atoms with Gasteiger partial charge >= 0.3 is 0 Å². The smallest absolute Gasteiger partial charge is 0.251 e. The van der Waals surface area contributed by atoms with E-state index >= 15 is 0 Å². The number of carbonyl (C=O) groups excluding carboxylic acids is 1. The molecule has 3 nitrogen and oxygen atoms in total. The fourth-order valence-corrected chi connectivity index (χ4v) is 1.40. The molecule has 0 fully saturated rings. The SMILES string of the molecule is COCC(CCl)NC(=O)c1ccc(F)c(F)c1. The Hall–Kier alpha value is -1.20. The van der Waals surface area contributed by atoms with Crippen LogP contribution >= 0.6 is 11.6 Å². The van der Waals surface area contributed by atoms with E-state index in [-0.39, 0.29) is 24.1 Å². The molecule has 94 valence electrons. The van der Waals surface area contributed by atoms with Crippen molar-refractivity contribution in [2.24, 2.45) is 0 Å². The Morgan fingerprint density at radius 2 is 2.18 bits per heavy atom. The molecule has 0 spiro atoms. The third kappa shape index (κ3) is 3.94. The predicted octanol–water partition coefficient (Wildman–Crippen LogP) is 1.95. The van der Waals surface area contributed by atoms with Crippen LogP contribution in [0.15, 0.2) is 18.2 Å². The number of alkyl halides is 1. The summed E-state index contributed by atoms with van der Waals surface area (Å²) >= 11 is 5.61. The summed E-state index contributed by atoms with van der Waals surface area (Å²) in [5, 5.41) is 2.55. The topological polar surface area (TPSA) is 38.3 Å². The maximum atomic E-state index is 12.9. The molecule has 0 saturated heterocycles. The number of halogens is 3. The van der Waals surface area contributed by atoms with E-state index in [0.717, 1.165) is 12.1 Å². The van der Waals surface area contributed by atoms with E-state index < -0.39 is 17.5 Å². The summed E-state index contributed by atoms with van der Waals surface area (Å²) in [4.78, 5) is 11.6. The van der Waals surface area contributed by atoms with Gasteiger partial charge in [-0.25, -0.2) is 8.78 Å². The number of hydrogen-bond donors (Lipinski definition) is 1. The number of amides is 1. The fourth-order valence-electron chi connectivity index (χ4n) is 1.23. The molecule has 0 aromatic heterocycles. The highest BCUT2D eigenvalue weighted by molar-refractivity contribution is 6.18. The zero-order chi connectivity index (χ0) is 12.8. The van der Waals surface area contributed by atoms with Crippen LogP contribution in [0.25, 0.3) is 0 Å². The Labute approximate surface area is 103 Å². The molecular formula is C11H12ClF2NO2. The average molecular weight is 264 g/mol. The maximum absolute atomic E-state index is 12.9.